The van der Waals surface area contributed by atoms with E-state index in [1.807, 2.05) is 18.2 Å². The number of rotatable bonds is 20. The molecule has 0 radical (unpaired) electrons. The average Bonchev–Trinajstić information content (AvgIpc) is 3.23. The topological polar surface area (TPSA) is 129 Å². The number of allylic oxidation sites excluding steroid dienone is 1. The van der Waals surface area contributed by atoms with Crippen molar-refractivity contribution in [3.8, 4) is 11.5 Å². The smallest absolute Gasteiger partial charge is 0.409 e. The van der Waals surface area contributed by atoms with Gasteiger partial charge in [0.05, 0.1) is 31.5 Å². The Hall–Kier alpha value is -4.23. The summed E-state index contributed by atoms with van der Waals surface area (Å²) in [6, 6.07) is 11.5. The zero-order chi connectivity index (χ0) is 40.2. The van der Waals surface area contributed by atoms with Crippen LogP contribution < -0.4 is 9.47 Å². The lowest BCUT2D eigenvalue weighted by atomic mass is 9.55. The number of ether oxygens (including phenoxy) is 5. The number of oxime groups is 1. The van der Waals surface area contributed by atoms with Crippen LogP contribution >= 0.6 is 0 Å². The number of hydrogen-bond acceptors (Lipinski definition) is 10. The number of fused-ring (bicyclic) bond motifs is 2. The van der Waals surface area contributed by atoms with E-state index in [-0.39, 0.29) is 63.0 Å². The van der Waals surface area contributed by atoms with Crippen LogP contribution in [0.3, 0.4) is 0 Å². The monoisotopic (exact) mass is 790 g/mol. The van der Waals surface area contributed by atoms with Crippen LogP contribution in [0.1, 0.15) is 87.7 Å². The molecule has 1 saturated carbocycles. The summed E-state index contributed by atoms with van der Waals surface area (Å²) in [7, 11) is 1.70. The summed E-state index contributed by atoms with van der Waals surface area (Å²) in [5.74, 6) is -1.23. The highest BCUT2D eigenvalue weighted by atomic mass is 19.1. The van der Waals surface area contributed by atoms with Crippen LogP contribution in [-0.4, -0.2) is 85.1 Å². The molecule has 2 aromatic rings. The number of aliphatic hydroxyl groups excluding tert-OH is 2. The normalized spacial score (nSPS) is 26.9. The fourth-order valence-corrected chi connectivity index (χ4v) is 8.97. The van der Waals surface area contributed by atoms with Crippen molar-refractivity contribution in [2.24, 2.45) is 22.9 Å². The molecule has 2 aromatic carbocycles. The van der Waals surface area contributed by atoms with Crippen molar-refractivity contribution in [2.75, 3.05) is 40.1 Å². The van der Waals surface area contributed by atoms with E-state index in [2.05, 4.69) is 19.2 Å². The fourth-order valence-electron chi connectivity index (χ4n) is 8.97. The highest BCUT2D eigenvalue weighted by Crippen LogP contribution is 2.62. The van der Waals surface area contributed by atoms with Gasteiger partial charge in [-0.05, 0) is 86.6 Å². The lowest BCUT2D eigenvalue weighted by molar-refractivity contribution is -0.254. The predicted molar refractivity (Wildman–Crippen MR) is 214 cm³/mol. The Labute approximate surface area is 336 Å². The molecule has 11 nitrogen and oxygen atoms in total. The molecule has 2 aliphatic heterocycles. The number of unbranched alkanes of at least 4 members (excludes halogenated alkanes) is 2. The summed E-state index contributed by atoms with van der Waals surface area (Å²) in [6.45, 7) is 8.86. The molecular formula is C45H59FN2O9. The first-order valence-corrected chi connectivity index (χ1v) is 20.6. The molecule has 12 heteroatoms. The van der Waals surface area contributed by atoms with Gasteiger partial charge in [0.15, 0.2) is 0 Å². The SMILES string of the molecule is C=CCCOC(=O)N(C)C1CC(=NOC2CCCCO2)C2=CC(CCCCO)C(CCCCO)C3c4cc(OCc5ccccc5F)ccc4OC1(OCC=C)C23. The van der Waals surface area contributed by atoms with E-state index < -0.39 is 30.1 Å². The first kappa shape index (κ1) is 42.4. The second-order valence-corrected chi connectivity index (χ2v) is 15.4. The van der Waals surface area contributed by atoms with Crippen molar-refractivity contribution in [1.82, 2.24) is 4.90 Å². The number of benzene rings is 2. The zero-order valence-electron chi connectivity index (χ0n) is 33.2. The lowest BCUT2D eigenvalue weighted by Crippen LogP contribution is -2.69. The maximum atomic E-state index is 14.7. The van der Waals surface area contributed by atoms with Crippen LogP contribution in [0.5, 0.6) is 11.5 Å². The third kappa shape index (κ3) is 9.74. The van der Waals surface area contributed by atoms with Crippen molar-refractivity contribution < 1.29 is 47.9 Å². The summed E-state index contributed by atoms with van der Waals surface area (Å²) in [6.07, 6.45) is 12.6. The van der Waals surface area contributed by atoms with Crippen LogP contribution in [0.4, 0.5) is 9.18 Å². The Balaban J connectivity index is 1.52. The molecule has 2 fully saturated rings. The van der Waals surface area contributed by atoms with Crippen LogP contribution in [0, 0.1) is 23.6 Å². The number of carbonyl (C=O) groups is 1. The molecule has 7 unspecified atom stereocenters. The largest absolute Gasteiger partial charge is 0.489 e. The molecular weight excluding hydrogens is 731 g/mol. The zero-order valence-corrected chi connectivity index (χ0v) is 33.2. The molecule has 0 aromatic heterocycles. The molecule has 2 N–H and O–H groups in total. The minimum Gasteiger partial charge on any atom is -0.489 e. The van der Waals surface area contributed by atoms with E-state index in [4.69, 9.17) is 33.7 Å². The second kappa shape index (κ2) is 20.5. The van der Waals surface area contributed by atoms with Gasteiger partial charge in [0, 0.05) is 50.1 Å². The number of amides is 1. The number of likely N-dealkylation sites (N-methyl/N-ethyl adjacent to an activating group) is 1. The van der Waals surface area contributed by atoms with Crippen molar-refractivity contribution in [1.29, 1.82) is 0 Å². The molecule has 2 heterocycles. The minimum absolute atomic E-state index is 0.0348. The van der Waals surface area contributed by atoms with Crippen molar-refractivity contribution in [3.63, 3.8) is 0 Å². The van der Waals surface area contributed by atoms with E-state index in [0.29, 0.717) is 48.6 Å². The van der Waals surface area contributed by atoms with Crippen molar-refractivity contribution in [3.05, 3.63) is 96.4 Å². The third-order valence-corrected chi connectivity index (χ3v) is 11.7. The average molecular weight is 791 g/mol. The molecule has 310 valence electrons. The van der Waals surface area contributed by atoms with E-state index in [1.165, 1.54) is 6.07 Å². The summed E-state index contributed by atoms with van der Waals surface area (Å²) in [5.41, 5.74) is 2.94. The van der Waals surface area contributed by atoms with Gasteiger partial charge in [-0.2, -0.15) is 0 Å². The minimum atomic E-state index is -1.41. The van der Waals surface area contributed by atoms with E-state index in [1.54, 1.807) is 42.3 Å². The molecule has 0 spiro atoms. The van der Waals surface area contributed by atoms with Gasteiger partial charge in [-0.25, -0.2) is 9.18 Å². The molecule has 6 rings (SSSR count). The number of halogens is 1. The predicted octanol–water partition coefficient (Wildman–Crippen LogP) is 8.21. The van der Waals surface area contributed by atoms with Gasteiger partial charge in [-0.15, -0.1) is 13.2 Å². The highest BCUT2D eigenvalue weighted by Gasteiger charge is 2.65. The standard InChI is InChI=1S/C45H59FN2O9/c1-4-6-25-53-44(51)48(3)40-29-38(47-57-41-19-11-14-26-52-41)35-27-31(15-9-12-22-49)34(17-10-13-23-50)42-36-28-33(54-30-32-16-7-8-18-37(32)46)20-21-39(36)56-45(40,43(35)42)55-24-5-2/h4-5,7-8,16,18,20-21,27-28,31,34,40-43,49-50H,1-2,6,9-15,17,19,22-26,29-30H2,3H3. The Morgan fingerprint density at radius 3 is 2.61 bits per heavy atom. The number of nitrogens with zero attached hydrogens (tertiary/aromatic N) is 2. The van der Waals surface area contributed by atoms with Gasteiger partial charge in [0.25, 0.3) is 0 Å². The molecule has 57 heavy (non-hydrogen) atoms. The first-order chi connectivity index (χ1) is 27.8. The number of carbonyl (C=O) groups excluding carboxylic acids is 1. The maximum absolute atomic E-state index is 14.7. The van der Waals surface area contributed by atoms with Gasteiger partial charge >= 0.3 is 6.09 Å². The van der Waals surface area contributed by atoms with Gasteiger partial charge in [-0.3, -0.25) is 0 Å². The first-order valence-electron chi connectivity index (χ1n) is 20.6. The highest BCUT2D eigenvalue weighted by molar-refractivity contribution is 6.02. The molecule has 0 bridgehead atoms. The third-order valence-electron chi connectivity index (χ3n) is 11.7. The van der Waals surface area contributed by atoms with Gasteiger partial charge < -0.3 is 43.6 Å². The van der Waals surface area contributed by atoms with E-state index >= 15 is 0 Å². The summed E-state index contributed by atoms with van der Waals surface area (Å²) in [4.78, 5) is 21.6. The summed E-state index contributed by atoms with van der Waals surface area (Å²) < 4.78 is 46.6. The van der Waals surface area contributed by atoms with E-state index in [0.717, 1.165) is 56.1 Å². The van der Waals surface area contributed by atoms with Gasteiger partial charge in [0.2, 0.25) is 12.1 Å². The van der Waals surface area contributed by atoms with Crippen molar-refractivity contribution >= 4 is 11.8 Å². The van der Waals surface area contributed by atoms with Crippen LogP contribution in [0.25, 0.3) is 0 Å². The molecule has 4 aliphatic rings. The molecule has 1 saturated heterocycles. The van der Waals surface area contributed by atoms with Crippen LogP contribution in [0.2, 0.25) is 0 Å². The van der Waals surface area contributed by atoms with Gasteiger partial charge in [-0.1, -0.05) is 54.4 Å². The van der Waals surface area contributed by atoms with E-state index in [9.17, 15) is 19.4 Å². The summed E-state index contributed by atoms with van der Waals surface area (Å²) in [5, 5.41) is 24.5. The fraction of sp³-hybridized carbons (Fsp3) is 0.556. The maximum Gasteiger partial charge on any atom is 0.409 e. The van der Waals surface area contributed by atoms with Crippen LogP contribution in [-0.2, 0) is 25.7 Å². The molecule has 2 aliphatic carbocycles. The van der Waals surface area contributed by atoms with Crippen molar-refractivity contribution in [2.45, 2.75) is 101 Å². The summed E-state index contributed by atoms with van der Waals surface area (Å²) >= 11 is 0. The molecule has 7 atom stereocenters. The number of hydrogen-bond donors (Lipinski definition) is 2. The molecule has 1 amide bonds. The number of aliphatic hydroxyl groups is 2. The quantitative estimate of drug-likeness (QED) is 0.0775. The second-order valence-electron chi connectivity index (χ2n) is 15.4. The van der Waals surface area contributed by atoms with Crippen LogP contribution in [0.15, 0.2) is 84.6 Å². The Morgan fingerprint density at radius 1 is 1.07 bits per heavy atom. The lowest BCUT2D eigenvalue weighted by Gasteiger charge is -2.59. The van der Waals surface area contributed by atoms with Gasteiger partial charge in [0.1, 0.15) is 30.0 Å². The Kier molecular flexibility index (Phi) is 15.2. The Morgan fingerprint density at radius 2 is 1.88 bits per heavy atom. The Bertz CT molecular complexity index is 1730.